The first-order valence-electron chi connectivity index (χ1n) is 4.39. The van der Waals surface area contributed by atoms with Crippen LogP contribution in [-0.4, -0.2) is 11.1 Å². The summed E-state index contributed by atoms with van der Waals surface area (Å²) in [5, 5.41) is 8.36. The van der Waals surface area contributed by atoms with Crippen molar-refractivity contribution in [2.45, 2.75) is 13.1 Å². The number of halogens is 3. The van der Waals surface area contributed by atoms with Gasteiger partial charge in [-0.05, 0) is 36.3 Å². The zero-order valence-corrected chi connectivity index (χ0v) is 8.38. The van der Waals surface area contributed by atoms with Gasteiger partial charge < -0.3 is 5.11 Å². The van der Waals surface area contributed by atoms with E-state index >= 15 is 0 Å². The van der Waals surface area contributed by atoms with Gasteiger partial charge in [0.2, 0.25) is 0 Å². The van der Waals surface area contributed by atoms with Crippen LogP contribution in [0.15, 0.2) is 24.3 Å². The molecule has 5 heteroatoms. The van der Waals surface area contributed by atoms with Crippen LogP contribution in [0.2, 0.25) is 0 Å². The summed E-state index contributed by atoms with van der Waals surface area (Å²) in [7, 11) is 0. The molecule has 0 fully saturated rings. The molecule has 86 valence electrons. The summed E-state index contributed by atoms with van der Waals surface area (Å²) < 4.78 is 37.2. The van der Waals surface area contributed by atoms with Crippen LogP contribution in [0.25, 0.3) is 6.08 Å². The standard InChI is InChI=1S/C11H9F3O2/c1-7-4-8(2-3-10(15)16)6-9(5-7)11(12,13)14/h2-6H,1H3,(H,15,16). The van der Waals surface area contributed by atoms with Crippen LogP contribution >= 0.6 is 0 Å². The van der Waals surface area contributed by atoms with Crippen LogP contribution in [0.1, 0.15) is 16.7 Å². The number of hydrogen-bond donors (Lipinski definition) is 1. The van der Waals surface area contributed by atoms with Crippen molar-refractivity contribution in [3.63, 3.8) is 0 Å². The molecular weight excluding hydrogens is 221 g/mol. The van der Waals surface area contributed by atoms with E-state index in [4.69, 9.17) is 5.11 Å². The molecule has 0 atom stereocenters. The van der Waals surface area contributed by atoms with E-state index in [-0.39, 0.29) is 5.56 Å². The van der Waals surface area contributed by atoms with Gasteiger partial charge in [-0.2, -0.15) is 13.2 Å². The number of benzene rings is 1. The molecule has 0 heterocycles. The van der Waals surface area contributed by atoms with Gasteiger partial charge in [-0.3, -0.25) is 0 Å². The second-order valence-electron chi connectivity index (χ2n) is 3.30. The lowest BCUT2D eigenvalue weighted by Gasteiger charge is -2.08. The smallest absolute Gasteiger partial charge is 0.416 e. The Bertz CT molecular complexity index is 433. The maximum absolute atomic E-state index is 12.4. The van der Waals surface area contributed by atoms with Crippen molar-refractivity contribution >= 4 is 12.0 Å². The molecule has 0 aromatic heterocycles. The topological polar surface area (TPSA) is 37.3 Å². The third-order valence-corrected chi connectivity index (χ3v) is 1.85. The maximum atomic E-state index is 12.4. The SMILES string of the molecule is Cc1cc(C=CC(=O)O)cc(C(F)(F)F)c1. The molecule has 1 aromatic rings. The molecule has 0 aliphatic carbocycles. The van der Waals surface area contributed by atoms with Crippen LogP contribution in [-0.2, 0) is 11.0 Å². The van der Waals surface area contributed by atoms with E-state index in [9.17, 15) is 18.0 Å². The summed E-state index contributed by atoms with van der Waals surface area (Å²) in [6, 6.07) is 3.40. The lowest BCUT2D eigenvalue weighted by molar-refractivity contribution is -0.137. The molecule has 0 unspecified atom stereocenters. The molecule has 0 spiro atoms. The van der Waals surface area contributed by atoms with Crippen molar-refractivity contribution in [1.82, 2.24) is 0 Å². The average Bonchev–Trinajstić information content (AvgIpc) is 2.12. The number of aryl methyl sites for hydroxylation is 1. The summed E-state index contributed by atoms with van der Waals surface area (Å²) in [5.74, 6) is -1.20. The lowest BCUT2D eigenvalue weighted by atomic mass is 10.1. The number of alkyl halides is 3. The first-order chi connectivity index (χ1) is 7.29. The van der Waals surface area contributed by atoms with Crippen LogP contribution in [0.4, 0.5) is 13.2 Å². The summed E-state index contributed by atoms with van der Waals surface area (Å²) in [5.41, 5.74) is -0.132. The maximum Gasteiger partial charge on any atom is 0.416 e. The predicted molar refractivity (Wildman–Crippen MR) is 52.9 cm³/mol. The van der Waals surface area contributed by atoms with Crippen molar-refractivity contribution in [2.75, 3.05) is 0 Å². The number of hydrogen-bond acceptors (Lipinski definition) is 1. The summed E-state index contributed by atoms with van der Waals surface area (Å²) in [6.45, 7) is 1.52. The van der Waals surface area contributed by atoms with Gasteiger partial charge in [0.1, 0.15) is 0 Å². The van der Waals surface area contributed by atoms with Crippen molar-refractivity contribution < 1.29 is 23.1 Å². The molecule has 0 amide bonds. The quantitative estimate of drug-likeness (QED) is 0.792. The number of rotatable bonds is 2. The first kappa shape index (κ1) is 12.3. The van der Waals surface area contributed by atoms with Gasteiger partial charge in [0, 0.05) is 6.08 Å². The van der Waals surface area contributed by atoms with Crippen LogP contribution in [0, 0.1) is 6.92 Å². The Kier molecular flexibility index (Phi) is 3.37. The number of carboxylic acid groups (broad SMARTS) is 1. The van der Waals surface area contributed by atoms with E-state index in [1.807, 2.05) is 0 Å². The molecule has 1 N–H and O–H groups in total. The molecule has 2 nitrogen and oxygen atoms in total. The van der Waals surface area contributed by atoms with Gasteiger partial charge in [-0.15, -0.1) is 0 Å². The van der Waals surface area contributed by atoms with Crippen molar-refractivity contribution in [2.24, 2.45) is 0 Å². The molecule has 0 aliphatic rings. The molecule has 0 bridgehead atoms. The van der Waals surface area contributed by atoms with Crippen LogP contribution in [0.3, 0.4) is 0 Å². The van der Waals surface area contributed by atoms with Crippen molar-refractivity contribution in [3.05, 3.63) is 41.0 Å². The molecular formula is C11H9F3O2. The van der Waals surface area contributed by atoms with Gasteiger partial charge in [-0.1, -0.05) is 6.07 Å². The zero-order valence-electron chi connectivity index (χ0n) is 8.38. The number of carbonyl (C=O) groups is 1. The highest BCUT2D eigenvalue weighted by Crippen LogP contribution is 2.30. The molecule has 0 aliphatic heterocycles. The lowest BCUT2D eigenvalue weighted by Crippen LogP contribution is -2.05. The minimum Gasteiger partial charge on any atom is -0.478 e. The van der Waals surface area contributed by atoms with E-state index in [0.29, 0.717) is 5.56 Å². The number of aliphatic carboxylic acids is 1. The Morgan fingerprint density at radius 3 is 2.44 bits per heavy atom. The minimum atomic E-state index is -4.42. The second kappa shape index (κ2) is 4.38. The van der Waals surface area contributed by atoms with Gasteiger partial charge in [0.25, 0.3) is 0 Å². The monoisotopic (exact) mass is 230 g/mol. The Labute approximate surface area is 90.0 Å². The fraction of sp³-hybridized carbons (Fsp3) is 0.182. The highest BCUT2D eigenvalue weighted by molar-refractivity contribution is 5.85. The molecule has 0 radical (unpaired) electrons. The van der Waals surface area contributed by atoms with Crippen molar-refractivity contribution in [3.8, 4) is 0 Å². The largest absolute Gasteiger partial charge is 0.478 e. The highest BCUT2D eigenvalue weighted by Gasteiger charge is 2.30. The Morgan fingerprint density at radius 1 is 1.31 bits per heavy atom. The molecule has 1 aromatic carbocycles. The van der Waals surface area contributed by atoms with Crippen LogP contribution < -0.4 is 0 Å². The van der Waals surface area contributed by atoms with Gasteiger partial charge >= 0.3 is 12.1 Å². The fourth-order valence-electron chi connectivity index (χ4n) is 1.24. The number of carboxylic acids is 1. The van der Waals surface area contributed by atoms with E-state index in [1.165, 1.54) is 13.0 Å². The van der Waals surface area contributed by atoms with Crippen LogP contribution in [0.5, 0.6) is 0 Å². The van der Waals surface area contributed by atoms with Gasteiger partial charge in [-0.25, -0.2) is 4.79 Å². The zero-order chi connectivity index (χ0) is 12.3. The second-order valence-corrected chi connectivity index (χ2v) is 3.30. The highest BCUT2D eigenvalue weighted by atomic mass is 19.4. The van der Waals surface area contributed by atoms with E-state index < -0.39 is 17.7 Å². The third-order valence-electron chi connectivity index (χ3n) is 1.85. The fourth-order valence-corrected chi connectivity index (χ4v) is 1.24. The molecule has 0 saturated heterocycles. The van der Waals surface area contributed by atoms with E-state index in [1.54, 1.807) is 0 Å². The van der Waals surface area contributed by atoms with Gasteiger partial charge in [0.15, 0.2) is 0 Å². The minimum absolute atomic E-state index is 0.217. The average molecular weight is 230 g/mol. The predicted octanol–water partition coefficient (Wildman–Crippen LogP) is 3.11. The van der Waals surface area contributed by atoms with E-state index in [0.717, 1.165) is 24.3 Å². The first-order valence-corrected chi connectivity index (χ1v) is 4.39. The molecule has 16 heavy (non-hydrogen) atoms. The third kappa shape index (κ3) is 3.42. The molecule has 1 rings (SSSR count). The molecule has 0 saturated carbocycles. The van der Waals surface area contributed by atoms with E-state index in [2.05, 4.69) is 0 Å². The summed E-state index contributed by atoms with van der Waals surface area (Å²) in [6.07, 6.45) is -2.49. The Hall–Kier alpha value is -1.78. The van der Waals surface area contributed by atoms with Crippen molar-refractivity contribution in [1.29, 1.82) is 0 Å². The summed E-state index contributed by atoms with van der Waals surface area (Å²) in [4.78, 5) is 10.2. The van der Waals surface area contributed by atoms with Gasteiger partial charge in [0.05, 0.1) is 5.56 Å². The Morgan fingerprint density at radius 2 is 1.94 bits per heavy atom. The normalized spacial score (nSPS) is 12.0. The summed E-state index contributed by atoms with van der Waals surface area (Å²) >= 11 is 0. The Balaban J connectivity index is 3.13.